The number of nitrogens with one attached hydrogen (secondary N) is 1. The molecule has 0 saturated carbocycles. The zero-order valence-corrected chi connectivity index (χ0v) is 10.6. The van der Waals surface area contributed by atoms with E-state index in [2.05, 4.69) is 9.71 Å². The normalized spacial score (nSPS) is 12.4. The van der Waals surface area contributed by atoms with E-state index in [1.807, 2.05) is 0 Å². The van der Waals surface area contributed by atoms with Gasteiger partial charge in [-0.1, -0.05) is 11.6 Å². The summed E-state index contributed by atoms with van der Waals surface area (Å²) < 4.78 is 60.7. The summed E-state index contributed by atoms with van der Waals surface area (Å²) in [7, 11) is -3.85. The van der Waals surface area contributed by atoms with Crippen LogP contribution < -0.4 is 4.72 Å². The highest BCUT2D eigenvalue weighted by Crippen LogP contribution is 2.23. The Labute approximate surface area is 107 Å². The molecule has 0 spiro atoms. The molecule has 0 atom stereocenters. The molecule has 0 aliphatic heterocycles. The smallest absolute Gasteiger partial charge is 0.280 e. The summed E-state index contributed by atoms with van der Waals surface area (Å²) in [6.07, 6.45) is -3.46. The lowest BCUT2D eigenvalue weighted by Crippen LogP contribution is -2.19. The zero-order valence-electron chi connectivity index (χ0n) is 9.04. The molecule has 4 nitrogen and oxygen atoms in total. The first kappa shape index (κ1) is 15.0. The zero-order chi connectivity index (χ0) is 13.8. The van der Waals surface area contributed by atoms with Crippen LogP contribution in [0.2, 0.25) is 5.02 Å². The van der Waals surface area contributed by atoms with E-state index in [1.165, 1.54) is 18.5 Å². The lowest BCUT2D eigenvalue weighted by Gasteiger charge is -2.09. The standard InChI is InChI=1S/C9H10ClF3N2O2S/c10-7-2-4-14-6-8(7)15-18(16,17)5-1-3-9(11,12)13/h2,4,6,15H,1,3,5H2. The minimum absolute atomic E-state index is 0.0474. The highest BCUT2D eigenvalue weighted by atomic mass is 35.5. The average Bonchev–Trinajstić information content (AvgIpc) is 2.18. The second-order valence-corrected chi connectivity index (χ2v) is 5.74. The predicted molar refractivity (Wildman–Crippen MR) is 61.9 cm³/mol. The van der Waals surface area contributed by atoms with Crippen molar-refractivity contribution < 1.29 is 21.6 Å². The van der Waals surface area contributed by atoms with Gasteiger partial charge < -0.3 is 0 Å². The first-order chi connectivity index (χ1) is 8.20. The first-order valence-corrected chi connectivity index (χ1v) is 6.89. The molecule has 0 fully saturated rings. The Morgan fingerprint density at radius 3 is 2.61 bits per heavy atom. The van der Waals surface area contributed by atoms with Crippen molar-refractivity contribution in [2.24, 2.45) is 0 Å². The number of nitrogens with zero attached hydrogens (tertiary/aromatic N) is 1. The van der Waals surface area contributed by atoms with Crippen LogP contribution in [0.25, 0.3) is 0 Å². The van der Waals surface area contributed by atoms with Crippen molar-refractivity contribution in [2.75, 3.05) is 10.5 Å². The molecule has 9 heteroatoms. The number of halogens is 4. The molecular weight excluding hydrogens is 293 g/mol. The van der Waals surface area contributed by atoms with Gasteiger partial charge in [0, 0.05) is 12.6 Å². The molecule has 0 amide bonds. The number of aromatic nitrogens is 1. The highest BCUT2D eigenvalue weighted by molar-refractivity contribution is 7.92. The van der Waals surface area contributed by atoms with Crippen molar-refractivity contribution >= 4 is 27.3 Å². The van der Waals surface area contributed by atoms with Gasteiger partial charge in [-0.2, -0.15) is 13.2 Å². The van der Waals surface area contributed by atoms with Crippen LogP contribution >= 0.6 is 11.6 Å². The molecule has 18 heavy (non-hydrogen) atoms. The number of hydrogen-bond donors (Lipinski definition) is 1. The third kappa shape index (κ3) is 5.54. The molecule has 0 aliphatic rings. The van der Waals surface area contributed by atoms with Gasteiger partial charge in [-0.15, -0.1) is 0 Å². The molecule has 0 unspecified atom stereocenters. The van der Waals surface area contributed by atoms with E-state index >= 15 is 0 Å². The van der Waals surface area contributed by atoms with Crippen LogP contribution in [0.15, 0.2) is 18.5 Å². The van der Waals surface area contributed by atoms with Gasteiger partial charge in [-0.3, -0.25) is 9.71 Å². The van der Waals surface area contributed by atoms with Gasteiger partial charge in [0.1, 0.15) is 0 Å². The fourth-order valence-electron chi connectivity index (χ4n) is 1.13. The highest BCUT2D eigenvalue weighted by Gasteiger charge is 2.27. The molecule has 0 radical (unpaired) electrons. The van der Waals surface area contributed by atoms with Crippen LogP contribution in [-0.2, 0) is 10.0 Å². The van der Waals surface area contributed by atoms with Gasteiger partial charge in [0.2, 0.25) is 10.0 Å². The van der Waals surface area contributed by atoms with Crippen LogP contribution in [0.5, 0.6) is 0 Å². The molecule has 1 rings (SSSR count). The van der Waals surface area contributed by atoms with E-state index in [4.69, 9.17) is 11.6 Å². The Bertz CT molecular complexity index is 505. The van der Waals surface area contributed by atoms with Gasteiger partial charge in [-0.05, 0) is 12.5 Å². The van der Waals surface area contributed by atoms with Crippen molar-refractivity contribution in [1.29, 1.82) is 0 Å². The van der Waals surface area contributed by atoms with Crippen molar-refractivity contribution in [3.8, 4) is 0 Å². The summed E-state index contributed by atoms with van der Waals surface area (Å²) in [5.41, 5.74) is 0.0474. The van der Waals surface area contributed by atoms with Gasteiger partial charge in [0.15, 0.2) is 0 Å². The largest absolute Gasteiger partial charge is 0.389 e. The maximum Gasteiger partial charge on any atom is 0.389 e. The molecule has 0 bridgehead atoms. The third-order valence-electron chi connectivity index (χ3n) is 1.91. The maximum absolute atomic E-state index is 11.9. The summed E-state index contributed by atoms with van der Waals surface area (Å²) in [6, 6.07) is 1.37. The third-order valence-corrected chi connectivity index (χ3v) is 3.59. The molecule has 1 heterocycles. The predicted octanol–water partition coefficient (Wildman–Crippen LogP) is 2.82. The fraction of sp³-hybridized carbons (Fsp3) is 0.444. The minimum atomic E-state index is -4.36. The molecule has 0 aliphatic carbocycles. The van der Waals surface area contributed by atoms with Crippen LogP contribution in [0, 0.1) is 0 Å². The van der Waals surface area contributed by atoms with Crippen LogP contribution in [0.1, 0.15) is 12.8 Å². The van der Waals surface area contributed by atoms with Crippen LogP contribution in [0.3, 0.4) is 0 Å². The van der Waals surface area contributed by atoms with Crippen molar-refractivity contribution in [3.63, 3.8) is 0 Å². The van der Waals surface area contributed by atoms with Crippen LogP contribution in [-0.4, -0.2) is 25.3 Å². The topological polar surface area (TPSA) is 59.1 Å². The summed E-state index contributed by atoms with van der Waals surface area (Å²) in [4.78, 5) is 3.66. The Hall–Kier alpha value is -1.02. The monoisotopic (exact) mass is 302 g/mol. The Morgan fingerprint density at radius 1 is 1.39 bits per heavy atom. The van der Waals surface area contributed by atoms with E-state index in [0.29, 0.717) is 0 Å². The molecule has 1 N–H and O–H groups in total. The first-order valence-electron chi connectivity index (χ1n) is 4.86. The lowest BCUT2D eigenvalue weighted by molar-refractivity contribution is -0.134. The van der Waals surface area contributed by atoms with Crippen molar-refractivity contribution in [2.45, 2.75) is 19.0 Å². The fourth-order valence-corrected chi connectivity index (χ4v) is 2.47. The minimum Gasteiger partial charge on any atom is -0.280 e. The lowest BCUT2D eigenvalue weighted by atomic mass is 10.3. The molecule has 0 aromatic carbocycles. The van der Waals surface area contributed by atoms with E-state index in [1.54, 1.807) is 0 Å². The molecule has 0 saturated heterocycles. The summed E-state index contributed by atoms with van der Waals surface area (Å²) in [5, 5.41) is 0.129. The van der Waals surface area contributed by atoms with Gasteiger partial charge in [-0.25, -0.2) is 8.42 Å². The van der Waals surface area contributed by atoms with E-state index in [9.17, 15) is 21.6 Å². The number of rotatable bonds is 5. The Balaban J connectivity index is 2.58. The molecule has 1 aromatic heterocycles. The summed E-state index contributed by atoms with van der Waals surface area (Å²) in [6.45, 7) is 0. The molecular formula is C9H10ClF3N2O2S. The van der Waals surface area contributed by atoms with Crippen molar-refractivity contribution in [1.82, 2.24) is 4.98 Å². The second kappa shape index (κ2) is 5.75. The van der Waals surface area contributed by atoms with Crippen LogP contribution in [0.4, 0.5) is 18.9 Å². The average molecular weight is 303 g/mol. The summed E-state index contributed by atoms with van der Waals surface area (Å²) in [5.74, 6) is -0.627. The number of sulfonamides is 1. The summed E-state index contributed by atoms with van der Waals surface area (Å²) >= 11 is 5.69. The molecule has 1 aromatic rings. The van der Waals surface area contributed by atoms with E-state index < -0.39 is 34.8 Å². The number of alkyl halides is 3. The number of hydrogen-bond acceptors (Lipinski definition) is 3. The van der Waals surface area contributed by atoms with E-state index in [0.717, 1.165) is 0 Å². The SMILES string of the molecule is O=S(=O)(CCCC(F)(F)F)Nc1cnccc1Cl. The van der Waals surface area contributed by atoms with Gasteiger partial charge >= 0.3 is 6.18 Å². The van der Waals surface area contributed by atoms with Crippen molar-refractivity contribution in [3.05, 3.63) is 23.5 Å². The Kier molecular flexibility index (Phi) is 4.80. The second-order valence-electron chi connectivity index (χ2n) is 3.50. The molecule has 102 valence electrons. The number of pyridine rings is 1. The van der Waals surface area contributed by atoms with Gasteiger partial charge in [0.05, 0.1) is 22.7 Å². The van der Waals surface area contributed by atoms with Gasteiger partial charge in [0.25, 0.3) is 0 Å². The quantitative estimate of drug-likeness (QED) is 0.910. The maximum atomic E-state index is 11.9. The Morgan fingerprint density at radius 2 is 2.06 bits per heavy atom. The number of anilines is 1. The van der Waals surface area contributed by atoms with E-state index in [-0.39, 0.29) is 10.7 Å².